The molecule has 0 bridgehead atoms. The number of para-hydroxylation sites is 1. The van der Waals surface area contributed by atoms with Gasteiger partial charge in [-0.3, -0.25) is 0 Å². The predicted octanol–water partition coefficient (Wildman–Crippen LogP) is 3.10. The molecule has 0 fully saturated rings. The highest BCUT2D eigenvalue weighted by Gasteiger charge is 2.11. The Morgan fingerprint density at radius 1 is 1.26 bits per heavy atom. The van der Waals surface area contributed by atoms with Crippen molar-refractivity contribution >= 4 is 11.5 Å². The normalized spacial score (nSPS) is 10.5. The number of hydrogen-bond acceptors (Lipinski definition) is 3. The number of hydrogen-bond donors (Lipinski definition) is 1. The monoisotopic (exact) mass is 259 g/mol. The third-order valence-corrected chi connectivity index (χ3v) is 2.94. The molecule has 1 heterocycles. The summed E-state index contributed by atoms with van der Waals surface area (Å²) in [5.74, 6) is 0.465. The maximum atomic E-state index is 13.3. The van der Waals surface area contributed by atoms with Gasteiger partial charge in [0.15, 0.2) is 0 Å². The molecule has 0 radical (unpaired) electrons. The van der Waals surface area contributed by atoms with Crippen LogP contribution in [-0.4, -0.2) is 18.6 Å². The number of anilines is 2. The number of pyridine rings is 1. The maximum absolute atomic E-state index is 13.3. The molecule has 1 aromatic carbocycles. The summed E-state index contributed by atoms with van der Waals surface area (Å²) >= 11 is 0. The largest absolute Gasteiger partial charge is 0.329 e. The van der Waals surface area contributed by atoms with Gasteiger partial charge in [-0.25, -0.2) is 9.37 Å². The Bertz CT molecular complexity index is 528. The molecule has 3 nitrogen and oxygen atoms in total. The highest BCUT2D eigenvalue weighted by molar-refractivity contribution is 5.61. The third-order valence-electron chi connectivity index (χ3n) is 2.94. The van der Waals surface area contributed by atoms with Crippen LogP contribution in [0, 0.1) is 5.82 Å². The lowest BCUT2D eigenvalue weighted by molar-refractivity contribution is 0.614. The summed E-state index contributed by atoms with van der Waals surface area (Å²) in [4.78, 5) is 6.18. The minimum Gasteiger partial charge on any atom is -0.329 e. The molecule has 0 spiro atoms. The van der Waals surface area contributed by atoms with Crippen molar-refractivity contribution in [3.05, 3.63) is 54.0 Å². The second-order valence-corrected chi connectivity index (χ2v) is 4.31. The molecule has 0 aliphatic heterocycles. The van der Waals surface area contributed by atoms with Crippen LogP contribution in [0.4, 0.5) is 15.9 Å². The van der Waals surface area contributed by atoms with E-state index in [4.69, 9.17) is 0 Å². The Morgan fingerprint density at radius 3 is 2.68 bits per heavy atom. The van der Waals surface area contributed by atoms with Gasteiger partial charge in [-0.2, -0.15) is 0 Å². The lowest BCUT2D eigenvalue weighted by Gasteiger charge is -2.21. The molecule has 100 valence electrons. The second-order valence-electron chi connectivity index (χ2n) is 4.31. The van der Waals surface area contributed by atoms with E-state index in [0.29, 0.717) is 6.54 Å². The van der Waals surface area contributed by atoms with Crippen molar-refractivity contribution in [2.24, 2.45) is 0 Å². The van der Waals surface area contributed by atoms with Crippen LogP contribution in [0.1, 0.15) is 12.5 Å². The molecule has 0 saturated heterocycles. The zero-order valence-electron chi connectivity index (χ0n) is 11.2. The quantitative estimate of drug-likeness (QED) is 0.894. The molecule has 1 aromatic heterocycles. The van der Waals surface area contributed by atoms with Crippen LogP contribution >= 0.6 is 0 Å². The second kappa shape index (κ2) is 6.29. The molecule has 0 saturated carbocycles. The van der Waals surface area contributed by atoms with Crippen LogP contribution < -0.4 is 10.2 Å². The van der Waals surface area contributed by atoms with Gasteiger partial charge in [-0.1, -0.05) is 25.1 Å². The summed E-state index contributed by atoms with van der Waals surface area (Å²) in [6.07, 6.45) is 1.25. The topological polar surface area (TPSA) is 28.2 Å². The van der Waals surface area contributed by atoms with Crippen molar-refractivity contribution in [3.63, 3.8) is 0 Å². The van der Waals surface area contributed by atoms with Crippen molar-refractivity contribution in [2.45, 2.75) is 13.5 Å². The number of nitrogens with one attached hydrogen (secondary N) is 1. The van der Waals surface area contributed by atoms with Crippen molar-refractivity contribution < 1.29 is 4.39 Å². The summed E-state index contributed by atoms with van der Waals surface area (Å²) in [6, 6.07) is 11.4. The van der Waals surface area contributed by atoms with Gasteiger partial charge < -0.3 is 10.2 Å². The standard InChI is InChI=1S/C15H18FN3/c1-3-17-10-12-9-13(16)11-18-15(12)19(2)14-7-5-4-6-8-14/h4-9,11,17H,3,10H2,1-2H3. The molecule has 0 unspecified atom stereocenters. The van der Waals surface area contributed by atoms with Crippen molar-refractivity contribution in [1.29, 1.82) is 0 Å². The zero-order chi connectivity index (χ0) is 13.7. The SMILES string of the molecule is CCNCc1cc(F)cnc1N(C)c1ccccc1. The molecular formula is C15H18FN3. The predicted molar refractivity (Wildman–Crippen MR) is 76.1 cm³/mol. The summed E-state index contributed by atoms with van der Waals surface area (Å²) in [5, 5.41) is 3.21. The molecular weight excluding hydrogens is 241 g/mol. The van der Waals surface area contributed by atoms with Gasteiger partial charge in [0.2, 0.25) is 0 Å². The smallest absolute Gasteiger partial charge is 0.141 e. The highest BCUT2D eigenvalue weighted by atomic mass is 19.1. The van der Waals surface area contributed by atoms with Gasteiger partial charge in [-0.15, -0.1) is 0 Å². The Kier molecular flexibility index (Phi) is 4.47. The first-order chi connectivity index (χ1) is 9.22. The fourth-order valence-electron chi connectivity index (χ4n) is 1.94. The van der Waals surface area contributed by atoms with E-state index in [-0.39, 0.29) is 5.82 Å². The van der Waals surface area contributed by atoms with Gasteiger partial charge in [-0.05, 0) is 24.7 Å². The number of nitrogens with zero attached hydrogens (tertiary/aromatic N) is 2. The zero-order valence-corrected chi connectivity index (χ0v) is 11.2. The van der Waals surface area contributed by atoms with E-state index in [1.807, 2.05) is 49.2 Å². The van der Waals surface area contributed by atoms with Crippen LogP contribution in [0.5, 0.6) is 0 Å². The van der Waals surface area contributed by atoms with Crippen LogP contribution in [0.3, 0.4) is 0 Å². The van der Waals surface area contributed by atoms with Gasteiger partial charge >= 0.3 is 0 Å². The molecule has 2 aromatic rings. The third kappa shape index (κ3) is 3.29. The van der Waals surface area contributed by atoms with Gasteiger partial charge in [0.25, 0.3) is 0 Å². The van der Waals surface area contributed by atoms with E-state index >= 15 is 0 Å². The highest BCUT2D eigenvalue weighted by Crippen LogP contribution is 2.25. The summed E-state index contributed by atoms with van der Waals surface area (Å²) in [7, 11) is 1.94. The average molecular weight is 259 g/mol. The molecule has 4 heteroatoms. The maximum Gasteiger partial charge on any atom is 0.141 e. The fourth-order valence-corrected chi connectivity index (χ4v) is 1.94. The Labute approximate surface area is 113 Å². The Hall–Kier alpha value is -1.94. The van der Waals surface area contributed by atoms with E-state index in [1.165, 1.54) is 12.3 Å². The first-order valence-electron chi connectivity index (χ1n) is 6.36. The van der Waals surface area contributed by atoms with Crippen LogP contribution in [-0.2, 0) is 6.54 Å². The van der Waals surface area contributed by atoms with Crippen LogP contribution in [0.2, 0.25) is 0 Å². The molecule has 0 amide bonds. The summed E-state index contributed by atoms with van der Waals surface area (Å²) < 4.78 is 13.3. The van der Waals surface area contributed by atoms with E-state index in [0.717, 1.165) is 23.6 Å². The lowest BCUT2D eigenvalue weighted by Crippen LogP contribution is -2.18. The van der Waals surface area contributed by atoms with Crippen LogP contribution in [0.15, 0.2) is 42.6 Å². The van der Waals surface area contributed by atoms with E-state index in [1.54, 1.807) is 0 Å². The minimum absolute atomic E-state index is 0.307. The summed E-state index contributed by atoms with van der Waals surface area (Å²) in [6.45, 7) is 3.46. The lowest BCUT2D eigenvalue weighted by atomic mass is 10.2. The van der Waals surface area contributed by atoms with E-state index < -0.39 is 0 Å². The van der Waals surface area contributed by atoms with Gasteiger partial charge in [0.05, 0.1) is 6.20 Å². The average Bonchev–Trinajstić information content (AvgIpc) is 2.45. The van der Waals surface area contributed by atoms with Gasteiger partial charge in [0, 0.05) is 24.8 Å². The Morgan fingerprint density at radius 2 is 2.00 bits per heavy atom. The molecule has 19 heavy (non-hydrogen) atoms. The minimum atomic E-state index is -0.307. The molecule has 0 atom stereocenters. The van der Waals surface area contributed by atoms with Crippen molar-refractivity contribution in [3.8, 4) is 0 Å². The van der Waals surface area contributed by atoms with Crippen LogP contribution in [0.25, 0.3) is 0 Å². The van der Waals surface area contributed by atoms with Gasteiger partial charge in [0.1, 0.15) is 11.6 Å². The first kappa shape index (κ1) is 13.5. The Balaban J connectivity index is 2.32. The number of rotatable bonds is 5. The first-order valence-corrected chi connectivity index (χ1v) is 6.36. The number of halogens is 1. The summed E-state index contributed by atoms with van der Waals surface area (Å²) in [5.41, 5.74) is 1.88. The van der Waals surface area contributed by atoms with Crippen molar-refractivity contribution in [2.75, 3.05) is 18.5 Å². The number of benzene rings is 1. The molecule has 0 aliphatic rings. The molecule has 0 aliphatic carbocycles. The van der Waals surface area contributed by atoms with E-state index in [9.17, 15) is 4.39 Å². The fraction of sp³-hybridized carbons (Fsp3) is 0.267. The molecule has 2 rings (SSSR count). The number of aromatic nitrogens is 1. The van der Waals surface area contributed by atoms with E-state index in [2.05, 4.69) is 10.3 Å². The molecule has 1 N–H and O–H groups in total. The van der Waals surface area contributed by atoms with Crippen molar-refractivity contribution in [1.82, 2.24) is 10.3 Å².